The van der Waals surface area contributed by atoms with Crippen LogP contribution in [0.1, 0.15) is 111 Å². The van der Waals surface area contributed by atoms with Crippen molar-refractivity contribution in [3.05, 3.63) is 213 Å². The molecule has 0 amide bonds. The van der Waals surface area contributed by atoms with Gasteiger partial charge in [0.1, 0.15) is 5.60 Å². The molecule has 0 aromatic heterocycles. The Labute approximate surface area is 340 Å². The Morgan fingerprint density at radius 2 is 0.579 bits per heavy atom. The molecule has 6 aromatic carbocycles. The van der Waals surface area contributed by atoms with E-state index in [1.54, 1.807) is 0 Å². The molecule has 0 aliphatic carbocycles. The van der Waals surface area contributed by atoms with Gasteiger partial charge in [-0.3, -0.25) is 0 Å². The van der Waals surface area contributed by atoms with Gasteiger partial charge in [-0.15, -0.1) is 0 Å². The van der Waals surface area contributed by atoms with E-state index in [1.807, 2.05) is 60.7 Å². The van der Waals surface area contributed by atoms with E-state index < -0.39 is 52.5 Å². The maximum Gasteiger partial charge on any atom is 0.127 e. The second-order valence-corrected chi connectivity index (χ2v) is 17.9. The topological polar surface area (TPSA) is 80.9 Å². The summed E-state index contributed by atoms with van der Waals surface area (Å²) in [7, 11) is 0. The van der Waals surface area contributed by atoms with Gasteiger partial charge in [-0.25, -0.2) is 0 Å². The van der Waals surface area contributed by atoms with Crippen molar-refractivity contribution in [3.63, 3.8) is 0 Å². The molecule has 0 aliphatic rings. The first-order valence-corrected chi connectivity index (χ1v) is 20.1. The zero-order valence-corrected chi connectivity index (χ0v) is 34.9. The number of benzene rings is 6. The van der Waals surface area contributed by atoms with E-state index in [2.05, 4.69) is 152 Å². The Hall–Kier alpha value is -4.84. The molecule has 0 saturated carbocycles. The average molecular weight is 761 g/mol. The predicted molar refractivity (Wildman–Crippen MR) is 234 cm³/mol. The Kier molecular flexibility index (Phi) is 11.6. The van der Waals surface area contributed by atoms with Gasteiger partial charge in [-0.2, -0.15) is 0 Å². The highest BCUT2D eigenvalue weighted by molar-refractivity contribution is 5.58. The highest BCUT2D eigenvalue weighted by atomic mass is 16.3. The van der Waals surface area contributed by atoms with Gasteiger partial charge in [-0.05, 0) is 55.6 Å². The van der Waals surface area contributed by atoms with Gasteiger partial charge < -0.3 is 20.4 Å². The molecule has 4 N–H and O–H groups in total. The minimum Gasteiger partial charge on any atom is -0.395 e. The van der Waals surface area contributed by atoms with E-state index in [1.165, 1.54) is 0 Å². The fourth-order valence-electron chi connectivity index (χ4n) is 8.80. The summed E-state index contributed by atoms with van der Waals surface area (Å²) in [4.78, 5) is 0. The molecule has 4 heteroatoms. The maximum atomic E-state index is 14.2. The molecule has 296 valence electrons. The molecular weight excluding hydrogens is 701 g/mol. The summed E-state index contributed by atoms with van der Waals surface area (Å²) in [6.45, 7) is 15.4. The molecule has 0 heterocycles. The summed E-state index contributed by atoms with van der Waals surface area (Å²) < 4.78 is 0. The summed E-state index contributed by atoms with van der Waals surface area (Å²) in [6, 6.07) is 53.7. The van der Waals surface area contributed by atoms with E-state index in [-0.39, 0.29) is 0 Å². The van der Waals surface area contributed by atoms with Crippen LogP contribution in [-0.2, 0) is 27.3 Å². The number of aliphatic hydroxyl groups is 4. The number of rotatable bonds is 14. The van der Waals surface area contributed by atoms with E-state index in [4.69, 9.17) is 0 Å². The third-order valence-corrected chi connectivity index (χ3v) is 13.3. The number of hydrogen-bond acceptors (Lipinski definition) is 4. The molecule has 0 saturated heterocycles. The van der Waals surface area contributed by atoms with Gasteiger partial charge in [0.05, 0.1) is 25.2 Å². The van der Waals surface area contributed by atoms with Crippen molar-refractivity contribution in [2.75, 3.05) is 19.8 Å². The second-order valence-electron chi connectivity index (χ2n) is 17.9. The lowest BCUT2D eigenvalue weighted by atomic mass is 9.58. The summed E-state index contributed by atoms with van der Waals surface area (Å²) in [6.07, 6.45) is 0. The molecule has 0 aliphatic heterocycles. The fourth-order valence-corrected chi connectivity index (χ4v) is 8.80. The van der Waals surface area contributed by atoms with Crippen molar-refractivity contribution in [2.45, 2.75) is 82.7 Å². The lowest BCUT2D eigenvalue weighted by Gasteiger charge is -2.49. The van der Waals surface area contributed by atoms with Gasteiger partial charge in [0.25, 0.3) is 0 Å². The smallest absolute Gasteiger partial charge is 0.127 e. The minimum absolute atomic E-state index is 0.410. The zero-order chi connectivity index (χ0) is 41.3. The second kappa shape index (κ2) is 15.8. The Bertz CT molecular complexity index is 2090. The molecule has 4 nitrogen and oxygen atoms in total. The quantitative estimate of drug-likeness (QED) is 0.0892. The van der Waals surface area contributed by atoms with Gasteiger partial charge in [0.2, 0.25) is 0 Å². The van der Waals surface area contributed by atoms with Gasteiger partial charge >= 0.3 is 0 Å². The summed E-state index contributed by atoms with van der Waals surface area (Å²) in [5, 5.41) is 48.5. The van der Waals surface area contributed by atoms with Crippen molar-refractivity contribution >= 4 is 0 Å². The van der Waals surface area contributed by atoms with Crippen LogP contribution in [0.4, 0.5) is 0 Å². The first-order valence-electron chi connectivity index (χ1n) is 20.1. The summed E-state index contributed by atoms with van der Waals surface area (Å²) in [5.74, 6) is 0. The minimum atomic E-state index is -2.10. The van der Waals surface area contributed by atoms with Crippen molar-refractivity contribution in [3.8, 4) is 0 Å². The summed E-state index contributed by atoms with van der Waals surface area (Å²) >= 11 is 0. The highest BCUT2D eigenvalue weighted by Crippen LogP contribution is 2.53. The van der Waals surface area contributed by atoms with Crippen LogP contribution in [0, 0.1) is 5.41 Å². The van der Waals surface area contributed by atoms with Gasteiger partial charge in [-0.1, -0.05) is 213 Å². The zero-order valence-electron chi connectivity index (χ0n) is 34.9. The maximum absolute atomic E-state index is 14.2. The Balaban J connectivity index is 1.75. The molecular formula is C53H60O4. The predicted octanol–water partition coefficient (Wildman–Crippen LogP) is 10.2. The van der Waals surface area contributed by atoms with Crippen molar-refractivity contribution < 1.29 is 20.4 Å². The van der Waals surface area contributed by atoms with Crippen LogP contribution in [0.25, 0.3) is 0 Å². The number of aliphatic hydroxyl groups excluding tert-OH is 3. The molecule has 6 aromatic rings. The van der Waals surface area contributed by atoms with Crippen LogP contribution in [0.2, 0.25) is 0 Å². The van der Waals surface area contributed by atoms with Crippen LogP contribution in [-0.4, -0.2) is 40.2 Å². The third-order valence-electron chi connectivity index (χ3n) is 13.3. The molecule has 0 unspecified atom stereocenters. The number of hydrogen-bond donors (Lipinski definition) is 4. The van der Waals surface area contributed by atoms with E-state index >= 15 is 0 Å². The largest absolute Gasteiger partial charge is 0.395 e. The first-order chi connectivity index (χ1) is 27.0. The third kappa shape index (κ3) is 7.19. The fraction of sp³-hybridized carbons (Fsp3) is 0.321. The molecule has 0 spiro atoms. The molecule has 0 radical (unpaired) electrons. The van der Waals surface area contributed by atoms with Crippen molar-refractivity contribution in [2.24, 2.45) is 5.41 Å². The van der Waals surface area contributed by atoms with Crippen LogP contribution >= 0.6 is 0 Å². The Morgan fingerprint density at radius 3 is 0.842 bits per heavy atom. The lowest BCUT2D eigenvalue weighted by Crippen LogP contribution is -2.56. The van der Waals surface area contributed by atoms with Gasteiger partial charge in [0.15, 0.2) is 0 Å². The average Bonchev–Trinajstić information content (AvgIpc) is 3.25. The first kappa shape index (κ1) is 41.8. The van der Waals surface area contributed by atoms with Crippen molar-refractivity contribution in [1.82, 2.24) is 0 Å². The standard InChI is InChI=1S/C53H60O4/c1-48(2,38-21-13-9-14-22-38)42-29-31-44(46(33-42)50(5,6)40-25-17-11-18-26-40)53(57,52(35-54,36-55)37-56)45-32-30-43(49(3,4)39-23-15-10-16-24-39)34-47(45)51(7,8)41-27-19-12-20-28-41/h9-34,54-57H,35-37H2,1-8H3. The van der Waals surface area contributed by atoms with E-state index in [0.29, 0.717) is 11.1 Å². The molecule has 6 rings (SSSR count). The monoisotopic (exact) mass is 760 g/mol. The van der Waals surface area contributed by atoms with E-state index in [0.717, 1.165) is 44.5 Å². The van der Waals surface area contributed by atoms with E-state index in [9.17, 15) is 20.4 Å². The molecule has 57 heavy (non-hydrogen) atoms. The normalized spacial score (nSPS) is 13.1. The lowest BCUT2D eigenvalue weighted by molar-refractivity contribution is -0.137. The molecule has 0 bridgehead atoms. The van der Waals surface area contributed by atoms with Crippen LogP contribution < -0.4 is 0 Å². The van der Waals surface area contributed by atoms with Crippen LogP contribution in [0.3, 0.4) is 0 Å². The highest BCUT2D eigenvalue weighted by Gasteiger charge is 2.56. The van der Waals surface area contributed by atoms with Crippen LogP contribution in [0.5, 0.6) is 0 Å². The molecule has 0 atom stereocenters. The molecule has 0 fully saturated rings. The van der Waals surface area contributed by atoms with Gasteiger partial charge in [0, 0.05) is 21.7 Å². The van der Waals surface area contributed by atoms with Crippen LogP contribution in [0.15, 0.2) is 158 Å². The van der Waals surface area contributed by atoms with Crippen molar-refractivity contribution in [1.29, 1.82) is 0 Å². The summed E-state index contributed by atoms with van der Waals surface area (Å²) in [5.41, 5.74) is 3.08. The SMILES string of the molecule is CC(C)(c1ccccc1)c1ccc(C(O)(c2ccc(C(C)(C)c3ccccc3)cc2C(C)(C)c2ccccc2)C(CO)(CO)CO)c(C(C)(C)c2ccccc2)c1. The Morgan fingerprint density at radius 1 is 0.316 bits per heavy atom.